The van der Waals surface area contributed by atoms with Crippen molar-refractivity contribution in [1.29, 1.82) is 0 Å². The molecule has 0 unspecified atom stereocenters. The molecule has 5 nitrogen and oxygen atoms in total. The third-order valence-corrected chi connectivity index (χ3v) is 6.28. The summed E-state index contributed by atoms with van der Waals surface area (Å²) < 4.78 is 10.6. The second kappa shape index (κ2) is 9.28. The van der Waals surface area contributed by atoms with Crippen molar-refractivity contribution in [2.45, 2.75) is 37.2 Å². The van der Waals surface area contributed by atoms with Crippen LogP contribution in [-0.4, -0.2) is 25.1 Å². The standard InChI is InChI=1S/C19H24N2O3S2/c1-23-16-7-13(8-17(9-16)24-2)10-25-11-15-12-26-19(20-15)21-18(22)14-5-3-4-6-14/h7-9,12,14H,3-6,10-11H2,1-2H3,(H,20,21,22). The Morgan fingerprint density at radius 2 is 1.88 bits per heavy atom. The van der Waals surface area contributed by atoms with E-state index in [1.54, 1.807) is 26.0 Å². The number of carbonyl (C=O) groups is 1. The van der Waals surface area contributed by atoms with E-state index in [-0.39, 0.29) is 11.8 Å². The molecule has 0 atom stereocenters. The van der Waals surface area contributed by atoms with E-state index in [0.29, 0.717) is 5.13 Å². The highest BCUT2D eigenvalue weighted by Gasteiger charge is 2.23. The van der Waals surface area contributed by atoms with Gasteiger partial charge in [0.2, 0.25) is 5.91 Å². The first-order valence-corrected chi connectivity index (χ1v) is 10.8. The zero-order valence-corrected chi connectivity index (χ0v) is 16.8. The molecule has 1 N–H and O–H groups in total. The smallest absolute Gasteiger partial charge is 0.229 e. The molecular weight excluding hydrogens is 368 g/mol. The Bertz CT molecular complexity index is 720. The quantitative estimate of drug-likeness (QED) is 0.704. The normalized spacial score (nSPS) is 14.4. The average Bonchev–Trinajstić information content (AvgIpc) is 3.33. The van der Waals surface area contributed by atoms with Gasteiger partial charge in [0.1, 0.15) is 11.5 Å². The molecule has 0 saturated heterocycles. The van der Waals surface area contributed by atoms with Crippen LogP contribution in [-0.2, 0) is 16.3 Å². The fourth-order valence-electron chi connectivity index (χ4n) is 3.05. The van der Waals surface area contributed by atoms with E-state index in [2.05, 4.69) is 10.3 Å². The lowest BCUT2D eigenvalue weighted by Crippen LogP contribution is -2.20. The number of nitrogens with zero attached hydrogens (tertiary/aromatic N) is 1. The minimum atomic E-state index is 0.125. The molecule has 7 heteroatoms. The number of nitrogens with one attached hydrogen (secondary N) is 1. The number of hydrogen-bond acceptors (Lipinski definition) is 6. The molecule has 1 aliphatic rings. The number of hydrogen-bond donors (Lipinski definition) is 1. The molecule has 1 saturated carbocycles. The van der Waals surface area contributed by atoms with Crippen LogP contribution in [0.25, 0.3) is 0 Å². The first-order chi connectivity index (χ1) is 12.7. The lowest BCUT2D eigenvalue weighted by atomic mass is 10.1. The summed E-state index contributed by atoms with van der Waals surface area (Å²) in [4.78, 5) is 16.7. The predicted octanol–water partition coefficient (Wildman–Crippen LogP) is 4.72. The van der Waals surface area contributed by atoms with Crippen LogP contribution in [0.3, 0.4) is 0 Å². The molecule has 1 heterocycles. The zero-order valence-electron chi connectivity index (χ0n) is 15.1. The van der Waals surface area contributed by atoms with Crippen LogP contribution in [0.1, 0.15) is 36.9 Å². The lowest BCUT2D eigenvalue weighted by molar-refractivity contribution is -0.119. The number of thiazole rings is 1. The number of methoxy groups -OCH3 is 2. The van der Waals surface area contributed by atoms with E-state index >= 15 is 0 Å². The summed E-state index contributed by atoms with van der Waals surface area (Å²) >= 11 is 3.27. The van der Waals surface area contributed by atoms with Crippen LogP contribution in [0.4, 0.5) is 5.13 Å². The van der Waals surface area contributed by atoms with Crippen molar-refractivity contribution in [2.24, 2.45) is 5.92 Å². The van der Waals surface area contributed by atoms with Crippen LogP contribution in [0.15, 0.2) is 23.6 Å². The van der Waals surface area contributed by atoms with Gasteiger partial charge >= 0.3 is 0 Å². The molecule has 0 bridgehead atoms. The number of amides is 1. The van der Waals surface area contributed by atoms with Gasteiger partial charge in [-0.1, -0.05) is 12.8 Å². The van der Waals surface area contributed by atoms with Crippen molar-refractivity contribution in [3.05, 3.63) is 34.8 Å². The molecule has 0 aliphatic heterocycles. The van der Waals surface area contributed by atoms with Gasteiger partial charge in [-0.05, 0) is 30.5 Å². The third-order valence-electron chi connectivity index (χ3n) is 4.44. The maximum atomic E-state index is 12.2. The largest absolute Gasteiger partial charge is 0.497 e. The molecule has 1 aromatic heterocycles. The minimum Gasteiger partial charge on any atom is -0.497 e. The third kappa shape index (κ3) is 5.14. The van der Waals surface area contributed by atoms with Gasteiger partial charge in [0.15, 0.2) is 5.13 Å². The Balaban J connectivity index is 1.49. The molecule has 26 heavy (non-hydrogen) atoms. The van der Waals surface area contributed by atoms with Crippen molar-refractivity contribution < 1.29 is 14.3 Å². The summed E-state index contributed by atoms with van der Waals surface area (Å²) in [7, 11) is 3.31. The van der Waals surface area contributed by atoms with E-state index < -0.39 is 0 Å². The highest BCUT2D eigenvalue weighted by atomic mass is 32.2. The summed E-state index contributed by atoms with van der Waals surface area (Å²) in [5.74, 6) is 3.53. The SMILES string of the molecule is COc1cc(CSCc2csc(NC(=O)C3CCCC3)n2)cc(OC)c1. The first-order valence-electron chi connectivity index (χ1n) is 8.73. The van der Waals surface area contributed by atoms with Crippen molar-refractivity contribution in [2.75, 3.05) is 19.5 Å². The van der Waals surface area contributed by atoms with Gasteiger partial charge in [-0.2, -0.15) is 11.8 Å². The van der Waals surface area contributed by atoms with Crippen LogP contribution < -0.4 is 14.8 Å². The first kappa shape index (κ1) is 19.0. The van der Waals surface area contributed by atoms with Gasteiger partial charge in [0, 0.05) is 28.9 Å². The zero-order chi connectivity index (χ0) is 18.4. The molecule has 1 amide bonds. The van der Waals surface area contributed by atoms with Gasteiger partial charge < -0.3 is 14.8 Å². The monoisotopic (exact) mass is 392 g/mol. The lowest BCUT2D eigenvalue weighted by Gasteiger charge is -2.08. The van der Waals surface area contributed by atoms with Gasteiger partial charge in [0.05, 0.1) is 19.9 Å². The Hall–Kier alpha value is -1.73. The fraction of sp³-hybridized carbons (Fsp3) is 0.474. The Morgan fingerprint density at radius 3 is 2.54 bits per heavy atom. The summed E-state index contributed by atoms with van der Waals surface area (Å²) in [5, 5.41) is 5.69. The van der Waals surface area contributed by atoms with Crippen molar-refractivity contribution in [3.8, 4) is 11.5 Å². The molecule has 1 aliphatic carbocycles. The Morgan fingerprint density at radius 1 is 1.19 bits per heavy atom. The molecule has 0 radical (unpaired) electrons. The maximum absolute atomic E-state index is 12.2. The second-order valence-corrected chi connectivity index (χ2v) is 8.17. The van der Waals surface area contributed by atoms with E-state index in [1.165, 1.54) is 11.3 Å². The van der Waals surface area contributed by atoms with Crippen LogP contribution in [0.5, 0.6) is 11.5 Å². The number of carbonyl (C=O) groups excluding carboxylic acids is 1. The number of anilines is 1. The fourth-order valence-corrected chi connectivity index (χ4v) is 4.73. The number of thioether (sulfide) groups is 1. The molecule has 2 aromatic rings. The molecule has 140 valence electrons. The summed E-state index contributed by atoms with van der Waals surface area (Å²) in [6.07, 6.45) is 4.33. The number of ether oxygens (including phenoxy) is 2. The second-order valence-electron chi connectivity index (χ2n) is 6.33. The number of benzene rings is 1. The predicted molar refractivity (Wildman–Crippen MR) is 107 cm³/mol. The highest BCUT2D eigenvalue weighted by molar-refractivity contribution is 7.97. The van der Waals surface area contributed by atoms with E-state index in [0.717, 1.165) is 59.9 Å². The van der Waals surface area contributed by atoms with E-state index in [9.17, 15) is 4.79 Å². The summed E-state index contributed by atoms with van der Waals surface area (Å²) in [5.41, 5.74) is 2.15. The van der Waals surface area contributed by atoms with Crippen LogP contribution >= 0.6 is 23.1 Å². The molecule has 3 rings (SSSR count). The van der Waals surface area contributed by atoms with Gasteiger partial charge in [-0.25, -0.2) is 4.98 Å². The molecular formula is C19H24N2O3S2. The Labute approximate surface area is 162 Å². The highest BCUT2D eigenvalue weighted by Crippen LogP contribution is 2.29. The van der Waals surface area contributed by atoms with Crippen LogP contribution in [0.2, 0.25) is 0 Å². The van der Waals surface area contributed by atoms with Crippen molar-refractivity contribution >= 4 is 34.1 Å². The van der Waals surface area contributed by atoms with Crippen molar-refractivity contribution in [3.63, 3.8) is 0 Å². The van der Waals surface area contributed by atoms with Gasteiger partial charge in [-0.15, -0.1) is 11.3 Å². The molecule has 0 spiro atoms. The molecule has 1 fully saturated rings. The van der Waals surface area contributed by atoms with Gasteiger partial charge in [-0.3, -0.25) is 4.79 Å². The van der Waals surface area contributed by atoms with Crippen LogP contribution in [0, 0.1) is 5.92 Å². The Kier molecular flexibility index (Phi) is 6.80. The topological polar surface area (TPSA) is 60.5 Å². The average molecular weight is 393 g/mol. The van der Waals surface area contributed by atoms with E-state index in [4.69, 9.17) is 9.47 Å². The maximum Gasteiger partial charge on any atom is 0.229 e. The minimum absolute atomic E-state index is 0.125. The summed E-state index contributed by atoms with van der Waals surface area (Å²) in [6.45, 7) is 0. The van der Waals surface area contributed by atoms with Crippen molar-refractivity contribution in [1.82, 2.24) is 4.98 Å². The molecule has 1 aromatic carbocycles. The van der Waals surface area contributed by atoms with E-state index in [1.807, 2.05) is 23.6 Å². The summed E-state index contributed by atoms with van der Waals surface area (Å²) in [6, 6.07) is 5.90. The van der Waals surface area contributed by atoms with Gasteiger partial charge in [0.25, 0.3) is 0 Å². The number of rotatable bonds is 8. The number of aromatic nitrogens is 1.